The fourth-order valence-corrected chi connectivity index (χ4v) is 3.12. The Hall–Kier alpha value is -2.89. The maximum atomic E-state index is 12.9. The van der Waals surface area contributed by atoms with Crippen LogP contribution in [0.4, 0.5) is 0 Å². The Morgan fingerprint density at radius 3 is 2.69 bits per heavy atom. The van der Waals surface area contributed by atoms with Crippen LogP contribution in [0.25, 0.3) is 11.2 Å². The smallest absolute Gasteiger partial charge is 0.255 e. The van der Waals surface area contributed by atoms with Gasteiger partial charge in [-0.1, -0.05) is 26.0 Å². The van der Waals surface area contributed by atoms with Gasteiger partial charge in [0.05, 0.1) is 18.7 Å². The summed E-state index contributed by atoms with van der Waals surface area (Å²) in [5, 5.41) is 3.13. The van der Waals surface area contributed by atoms with Crippen LogP contribution in [0.3, 0.4) is 0 Å². The number of carbonyl (C=O) groups excluding carboxylic acids is 1. The number of hydrogen-bond donors (Lipinski definition) is 1. The monoisotopic (exact) mass is 352 g/mol. The van der Waals surface area contributed by atoms with Crippen LogP contribution in [0.2, 0.25) is 0 Å². The molecule has 1 aromatic carbocycles. The number of hydrogen-bond acceptors (Lipinski definition) is 4. The van der Waals surface area contributed by atoms with E-state index < -0.39 is 0 Å². The molecule has 1 N–H and O–H groups in total. The molecule has 0 radical (unpaired) electrons. The van der Waals surface area contributed by atoms with Crippen molar-refractivity contribution in [3.8, 4) is 5.75 Å². The van der Waals surface area contributed by atoms with E-state index in [9.17, 15) is 4.79 Å². The molecular formula is C20H24N4O2. The molecule has 0 aliphatic rings. The number of imidazole rings is 1. The van der Waals surface area contributed by atoms with Crippen LogP contribution in [0.5, 0.6) is 5.75 Å². The van der Waals surface area contributed by atoms with Crippen molar-refractivity contribution in [1.82, 2.24) is 19.9 Å². The van der Waals surface area contributed by atoms with Gasteiger partial charge in [0.2, 0.25) is 0 Å². The molecule has 1 atom stereocenters. The Morgan fingerprint density at radius 2 is 2.00 bits per heavy atom. The maximum Gasteiger partial charge on any atom is 0.255 e. The Labute approximate surface area is 153 Å². The number of carbonyl (C=O) groups is 1. The Kier molecular flexibility index (Phi) is 5.21. The lowest BCUT2D eigenvalue weighted by Crippen LogP contribution is -2.31. The molecule has 6 heteroatoms. The molecule has 0 aliphatic heterocycles. The first-order chi connectivity index (χ1) is 12.5. The van der Waals surface area contributed by atoms with Gasteiger partial charge >= 0.3 is 0 Å². The van der Waals surface area contributed by atoms with Crippen molar-refractivity contribution in [2.24, 2.45) is 13.0 Å². The Balaban J connectivity index is 1.95. The van der Waals surface area contributed by atoms with Crippen molar-refractivity contribution < 1.29 is 9.53 Å². The van der Waals surface area contributed by atoms with Gasteiger partial charge in [0.1, 0.15) is 17.1 Å². The van der Waals surface area contributed by atoms with Gasteiger partial charge in [-0.3, -0.25) is 4.79 Å². The third-order valence-corrected chi connectivity index (χ3v) is 4.34. The highest BCUT2D eigenvalue weighted by Gasteiger charge is 2.24. The second kappa shape index (κ2) is 7.56. The number of benzene rings is 1. The fraction of sp³-hybridized carbons (Fsp3) is 0.350. The topological polar surface area (TPSA) is 69.0 Å². The summed E-state index contributed by atoms with van der Waals surface area (Å²) in [6, 6.07) is 10.8. The second-order valence-electron chi connectivity index (χ2n) is 6.73. The lowest BCUT2D eigenvalue weighted by atomic mass is 10.0. The summed E-state index contributed by atoms with van der Waals surface area (Å²) in [6.07, 6.45) is 2.52. The predicted octanol–water partition coefficient (Wildman–Crippen LogP) is 3.49. The molecule has 1 unspecified atom stereocenters. The number of fused-ring (bicyclic) bond motifs is 1. The largest absolute Gasteiger partial charge is 0.496 e. The van der Waals surface area contributed by atoms with E-state index in [-0.39, 0.29) is 11.9 Å². The van der Waals surface area contributed by atoms with Crippen LogP contribution in [-0.2, 0) is 7.05 Å². The van der Waals surface area contributed by atoms with E-state index in [0.29, 0.717) is 17.2 Å². The van der Waals surface area contributed by atoms with Gasteiger partial charge in [0.25, 0.3) is 5.91 Å². The van der Waals surface area contributed by atoms with E-state index in [1.54, 1.807) is 25.4 Å². The zero-order valence-corrected chi connectivity index (χ0v) is 15.6. The summed E-state index contributed by atoms with van der Waals surface area (Å²) in [5.74, 6) is 1.58. The number of aromatic nitrogens is 3. The van der Waals surface area contributed by atoms with Crippen molar-refractivity contribution in [3.05, 3.63) is 54.0 Å². The molecule has 0 bridgehead atoms. The van der Waals surface area contributed by atoms with Gasteiger partial charge in [-0.05, 0) is 36.6 Å². The van der Waals surface area contributed by atoms with Crippen molar-refractivity contribution in [2.45, 2.75) is 26.3 Å². The fourth-order valence-electron chi connectivity index (χ4n) is 3.12. The van der Waals surface area contributed by atoms with Crippen LogP contribution in [0, 0.1) is 5.92 Å². The number of nitrogens with one attached hydrogen (secondary N) is 1. The van der Waals surface area contributed by atoms with E-state index in [4.69, 9.17) is 9.72 Å². The number of methoxy groups -OCH3 is 1. The molecule has 26 heavy (non-hydrogen) atoms. The molecule has 136 valence electrons. The quantitative estimate of drug-likeness (QED) is 0.737. The molecule has 0 aliphatic carbocycles. The van der Waals surface area contributed by atoms with E-state index in [2.05, 4.69) is 24.1 Å². The van der Waals surface area contributed by atoms with Gasteiger partial charge in [-0.15, -0.1) is 0 Å². The van der Waals surface area contributed by atoms with Gasteiger partial charge in [-0.25, -0.2) is 9.97 Å². The van der Waals surface area contributed by atoms with Crippen LogP contribution < -0.4 is 10.1 Å². The summed E-state index contributed by atoms with van der Waals surface area (Å²) < 4.78 is 7.26. The van der Waals surface area contributed by atoms with Gasteiger partial charge < -0.3 is 14.6 Å². The molecule has 2 heterocycles. The molecule has 0 fully saturated rings. The number of pyridine rings is 1. The average molecular weight is 352 g/mol. The highest BCUT2D eigenvalue weighted by Crippen LogP contribution is 2.25. The Morgan fingerprint density at radius 1 is 1.23 bits per heavy atom. The number of amides is 1. The van der Waals surface area contributed by atoms with E-state index in [1.165, 1.54) is 0 Å². The van der Waals surface area contributed by atoms with Gasteiger partial charge in [0, 0.05) is 13.2 Å². The van der Waals surface area contributed by atoms with Gasteiger partial charge in [0.15, 0.2) is 5.65 Å². The molecule has 0 spiro atoms. The lowest BCUT2D eigenvalue weighted by Gasteiger charge is -2.21. The van der Waals surface area contributed by atoms with Crippen molar-refractivity contribution in [3.63, 3.8) is 0 Å². The van der Waals surface area contributed by atoms with E-state index in [0.717, 1.165) is 23.4 Å². The first kappa shape index (κ1) is 17.9. The lowest BCUT2D eigenvalue weighted by molar-refractivity contribution is 0.0926. The van der Waals surface area contributed by atoms with Crippen molar-refractivity contribution >= 4 is 17.1 Å². The average Bonchev–Trinajstić information content (AvgIpc) is 2.98. The highest BCUT2D eigenvalue weighted by atomic mass is 16.5. The minimum absolute atomic E-state index is 0.173. The first-order valence-corrected chi connectivity index (χ1v) is 8.72. The number of rotatable bonds is 6. The summed E-state index contributed by atoms with van der Waals surface area (Å²) in [6.45, 7) is 4.26. The standard InChI is InChI=1S/C20H24N4O2/c1-13(2)12-16(19-22-15-9-7-11-21-18(15)24(19)3)23-20(25)14-8-5-6-10-17(14)26-4/h5-11,13,16H,12H2,1-4H3,(H,23,25). The molecule has 3 aromatic rings. The zero-order valence-electron chi connectivity index (χ0n) is 15.6. The minimum atomic E-state index is -0.216. The molecule has 0 saturated heterocycles. The zero-order chi connectivity index (χ0) is 18.7. The molecule has 6 nitrogen and oxygen atoms in total. The summed E-state index contributed by atoms with van der Waals surface area (Å²) >= 11 is 0. The molecule has 3 rings (SSSR count). The number of aryl methyl sites for hydroxylation is 1. The third kappa shape index (κ3) is 3.54. The number of ether oxygens (including phenoxy) is 1. The molecular weight excluding hydrogens is 328 g/mol. The van der Waals surface area contributed by atoms with E-state index >= 15 is 0 Å². The SMILES string of the molecule is COc1ccccc1C(=O)NC(CC(C)C)c1nc2cccnc2n1C. The second-order valence-corrected chi connectivity index (χ2v) is 6.73. The first-order valence-electron chi connectivity index (χ1n) is 8.72. The van der Waals surface area contributed by atoms with Gasteiger partial charge in [-0.2, -0.15) is 0 Å². The maximum absolute atomic E-state index is 12.9. The van der Waals surface area contributed by atoms with Crippen LogP contribution in [0.15, 0.2) is 42.6 Å². The van der Waals surface area contributed by atoms with Crippen molar-refractivity contribution in [2.75, 3.05) is 7.11 Å². The minimum Gasteiger partial charge on any atom is -0.496 e. The van der Waals surface area contributed by atoms with Crippen LogP contribution >= 0.6 is 0 Å². The summed E-state index contributed by atoms with van der Waals surface area (Å²) in [5.41, 5.74) is 2.15. The Bertz CT molecular complexity index is 917. The predicted molar refractivity (Wildman–Crippen MR) is 101 cm³/mol. The summed E-state index contributed by atoms with van der Waals surface area (Å²) in [4.78, 5) is 22.0. The normalized spacial score (nSPS) is 12.3. The van der Waals surface area contributed by atoms with Crippen molar-refractivity contribution in [1.29, 1.82) is 0 Å². The summed E-state index contributed by atoms with van der Waals surface area (Å²) in [7, 11) is 3.50. The van der Waals surface area contributed by atoms with Crippen LogP contribution in [0.1, 0.15) is 42.5 Å². The highest BCUT2D eigenvalue weighted by molar-refractivity contribution is 5.97. The molecule has 1 amide bonds. The molecule has 0 saturated carbocycles. The number of nitrogens with zero attached hydrogens (tertiary/aromatic N) is 3. The third-order valence-electron chi connectivity index (χ3n) is 4.34. The van der Waals surface area contributed by atoms with E-state index in [1.807, 2.05) is 35.9 Å². The molecule has 2 aromatic heterocycles. The van der Waals surface area contributed by atoms with Crippen LogP contribution in [-0.4, -0.2) is 27.6 Å². The number of para-hydroxylation sites is 1.